The third-order valence-corrected chi connectivity index (χ3v) is 12.6. The van der Waals surface area contributed by atoms with E-state index in [1.165, 1.54) is 51.4 Å². The van der Waals surface area contributed by atoms with Crippen molar-refractivity contribution in [3.63, 3.8) is 0 Å². The molecule has 3 saturated carbocycles. The summed E-state index contributed by atoms with van der Waals surface area (Å²) >= 11 is 0. The number of ether oxygens (including phenoxy) is 1. The summed E-state index contributed by atoms with van der Waals surface area (Å²) in [4.78, 5) is 17.3. The lowest BCUT2D eigenvalue weighted by Crippen LogP contribution is -2.51. The fourth-order valence-corrected chi connectivity index (χ4v) is 10.3. The highest BCUT2D eigenvalue weighted by atomic mass is 16.5. The van der Waals surface area contributed by atoms with Crippen molar-refractivity contribution >= 4 is 17.8 Å². The lowest BCUT2D eigenvalue weighted by Gasteiger charge is -2.58. The van der Waals surface area contributed by atoms with Gasteiger partial charge in [-0.2, -0.15) is 0 Å². The normalized spacial score (nSPS) is 34.7. The second kappa shape index (κ2) is 14.4. The standard InChI is InChI=1S/C36H63N5O2/c1-23(2)9-8-10-24(3)29-14-15-30-28-13-12-26-22-27(16-18-35(26,4)31(28)17-19-36(29,30)5)43-33(42)25(21-32(37)38)11-6-7-20-41-34(39)40/h12,23-25,27-31H,6-11,13-22H2,1-5H3,(H3,37,38)(H4,39,40,41). The summed E-state index contributed by atoms with van der Waals surface area (Å²) in [5.41, 5.74) is 18.8. The molecule has 0 heterocycles. The Labute approximate surface area is 262 Å². The number of hydrogen-bond acceptors (Lipinski definition) is 4. The van der Waals surface area contributed by atoms with Gasteiger partial charge in [-0.05, 0) is 104 Å². The minimum atomic E-state index is -0.381. The second-order valence-electron chi connectivity index (χ2n) is 15.8. The Morgan fingerprint density at radius 1 is 1.00 bits per heavy atom. The molecule has 0 amide bonds. The molecule has 244 valence electrons. The Balaban J connectivity index is 1.36. The third kappa shape index (κ3) is 7.79. The van der Waals surface area contributed by atoms with E-state index in [1.54, 1.807) is 5.57 Å². The van der Waals surface area contributed by atoms with Crippen LogP contribution in [0.3, 0.4) is 0 Å². The van der Waals surface area contributed by atoms with E-state index in [0.717, 1.165) is 67.6 Å². The number of esters is 1. The molecule has 4 aliphatic carbocycles. The molecule has 0 saturated heterocycles. The number of guanidine groups is 1. The summed E-state index contributed by atoms with van der Waals surface area (Å²) < 4.78 is 6.15. The van der Waals surface area contributed by atoms with Crippen molar-refractivity contribution in [2.45, 2.75) is 137 Å². The first-order valence-corrected chi connectivity index (χ1v) is 17.6. The van der Waals surface area contributed by atoms with Crippen molar-refractivity contribution in [2.75, 3.05) is 6.54 Å². The van der Waals surface area contributed by atoms with Crippen LogP contribution in [0, 0.1) is 57.7 Å². The van der Waals surface area contributed by atoms with E-state index in [1.807, 2.05) is 0 Å². The van der Waals surface area contributed by atoms with Gasteiger partial charge in [0.1, 0.15) is 6.10 Å². The lowest BCUT2D eigenvalue weighted by atomic mass is 9.47. The molecule has 0 spiro atoms. The zero-order valence-corrected chi connectivity index (χ0v) is 28.0. The van der Waals surface area contributed by atoms with Crippen molar-refractivity contribution in [1.29, 1.82) is 5.41 Å². The number of allylic oxidation sites excluding steroid dienone is 1. The highest BCUT2D eigenvalue weighted by molar-refractivity contribution is 5.83. The molecule has 0 aromatic heterocycles. The molecule has 9 atom stereocenters. The summed E-state index contributed by atoms with van der Waals surface area (Å²) in [5.74, 6) is 4.49. The Kier molecular flexibility index (Phi) is 11.3. The van der Waals surface area contributed by atoms with Gasteiger partial charge < -0.3 is 21.9 Å². The number of unbranched alkanes of at least 4 members (excludes halogenated alkanes) is 1. The van der Waals surface area contributed by atoms with Gasteiger partial charge in [-0.1, -0.05) is 72.0 Å². The van der Waals surface area contributed by atoms with Gasteiger partial charge in [-0.15, -0.1) is 0 Å². The zero-order chi connectivity index (χ0) is 31.4. The van der Waals surface area contributed by atoms with E-state index in [0.29, 0.717) is 18.4 Å². The van der Waals surface area contributed by atoms with Crippen LogP contribution in [0.4, 0.5) is 0 Å². The first-order valence-electron chi connectivity index (χ1n) is 17.6. The zero-order valence-electron chi connectivity index (χ0n) is 28.0. The molecule has 0 aromatic rings. The average molecular weight is 598 g/mol. The van der Waals surface area contributed by atoms with Crippen molar-refractivity contribution in [1.82, 2.24) is 0 Å². The van der Waals surface area contributed by atoms with Crippen LogP contribution >= 0.6 is 0 Å². The number of amidine groups is 1. The second-order valence-corrected chi connectivity index (χ2v) is 15.8. The number of hydrogen-bond donors (Lipinski definition) is 4. The van der Waals surface area contributed by atoms with Crippen molar-refractivity contribution in [3.05, 3.63) is 11.6 Å². The SMILES string of the molecule is CC(C)CCCC(C)C1CCC2C3CC=C4CC(OC(=O)C(CCCCN=C(N)N)CC(=N)N)CCC4(C)C3CCC12C. The Morgan fingerprint density at radius 2 is 1.77 bits per heavy atom. The number of nitrogens with two attached hydrogens (primary N) is 3. The van der Waals surface area contributed by atoms with Crippen LogP contribution in [0.15, 0.2) is 16.6 Å². The van der Waals surface area contributed by atoms with Crippen molar-refractivity contribution < 1.29 is 9.53 Å². The van der Waals surface area contributed by atoms with Crippen LogP contribution in [-0.4, -0.2) is 30.4 Å². The van der Waals surface area contributed by atoms with Gasteiger partial charge in [-0.25, -0.2) is 0 Å². The predicted octanol–water partition coefficient (Wildman–Crippen LogP) is 7.33. The van der Waals surface area contributed by atoms with Crippen molar-refractivity contribution in [2.24, 2.45) is 74.4 Å². The van der Waals surface area contributed by atoms with Gasteiger partial charge in [0.15, 0.2) is 5.96 Å². The molecule has 7 N–H and O–H groups in total. The van der Waals surface area contributed by atoms with Gasteiger partial charge >= 0.3 is 5.97 Å². The third-order valence-electron chi connectivity index (χ3n) is 12.6. The first-order chi connectivity index (χ1) is 20.3. The van der Waals surface area contributed by atoms with Gasteiger partial charge in [0.2, 0.25) is 0 Å². The molecule has 0 aromatic carbocycles. The van der Waals surface area contributed by atoms with Crippen LogP contribution in [-0.2, 0) is 9.53 Å². The van der Waals surface area contributed by atoms with Crippen LogP contribution in [0.5, 0.6) is 0 Å². The maximum Gasteiger partial charge on any atom is 0.309 e. The molecule has 3 fully saturated rings. The van der Waals surface area contributed by atoms with Gasteiger partial charge in [0.05, 0.1) is 11.8 Å². The highest BCUT2D eigenvalue weighted by Gasteiger charge is 2.59. The Morgan fingerprint density at radius 3 is 2.47 bits per heavy atom. The summed E-state index contributed by atoms with van der Waals surface area (Å²) in [6.07, 6.45) is 18.8. The van der Waals surface area contributed by atoms with Gasteiger partial charge in [0.25, 0.3) is 0 Å². The summed E-state index contributed by atoms with van der Waals surface area (Å²) in [7, 11) is 0. The lowest BCUT2D eigenvalue weighted by molar-refractivity contribution is -0.156. The molecular formula is C36H63N5O2. The average Bonchev–Trinajstić information content (AvgIpc) is 3.29. The molecule has 0 bridgehead atoms. The molecule has 7 heteroatoms. The predicted molar refractivity (Wildman–Crippen MR) is 177 cm³/mol. The number of nitrogens with zero attached hydrogens (tertiary/aromatic N) is 1. The molecule has 9 unspecified atom stereocenters. The molecule has 43 heavy (non-hydrogen) atoms. The van der Waals surface area contributed by atoms with E-state index in [9.17, 15) is 4.79 Å². The summed E-state index contributed by atoms with van der Waals surface area (Å²) in [6.45, 7) is 13.0. The molecule has 4 rings (SSSR count). The Bertz CT molecular complexity index is 1030. The molecule has 7 nitrogen and oxygen atoms in total. The fourth-order valence-electron chi connectivity index (χ4n) is 10.3. The maximum atomic E-state index is 13.3. The topological polar surface area (TPSA) is 141 Å². The molecular weight excluding hydrogens is 534 g/mol. The monoisotopic (exact) mass is 597 g/mol. The minimum Gasteiger partial charge on any atom is -0.462 e. The summed E-state index contributed by atoms with van der Waals surface area (Å²) in [5, 5.41) is 7.79. The summed E-state index contributed by atoms with van der Waals surface area (Å²) in [6, 6.07) is 0. The van der Waals surface area contributed by atoms with E-state index in [2.05, 4.69) is 45.7 Å². The number of aliphatic imine (C=N–C) groups is 1. The smallest absolute Gasteiger partial charge is 0.309 e. The molecule has 0 radical (unpaired) electrons. The fraction of sp³-hybridized carbons (Fsp3) is 0.861. The largest absolute Gasteiger partial charge is 0.462 e. The highest BCUT2D eigenvalue weighted by Crippen LogP contribution is 2.67. The van der Waals surface area contributed by atoms with Crippen LogP contribution in [0.1, 0.15) is 131 Å². The molecule has 4 aliphatic rings. The first kappa shape index (κ1) is 33.8. The van der Waals surface area contributed by atoms with Crippen LogP contribution in [0.25, 0.3) is 0 Å². The van der Waals surface area contributed by atoms with E-state index >= 15 is 0 Å². The van der Waals surface area contributed by atoms with Crippen molar-refractivity contribution in [3.8, 4) is 0 Å². The minimum absolute atomic E-state index is 0.0341. The van der Waals surface area contributed by atoms with E-state index in [-0.39, 0.29) is 41.6 Å². The number of carbonyl (C=O) groups is 1. The Hall–Kier alpha value is -2.05. The number of fused-ring (bicyclic) bond motifs is 5. The van der Waals surface area contributed by atoms with Gasteiger partial charge in [0, 0.05) is 19.4 Å². The number of rotatable bonds is 14. The maximum absolute atomic E-state index is 13.3. The molecule has 0 aliphatic heterocycles. The van der Waals surface area contributed by atoms with E-state index < -0.39 is 0 Å². The van der Waals surface area contributed by atoms with Gasteiger partial charge in [-0.3, -0.25) is 15.2 Å². The number of nitrogens with one attached hydrogen (secondary N) is 1. The van der Waals surface area contributed by atoms with Crippen LogP contribution < -0.4 is 17.2 Å². The van der Waals surface area contributed by atoms with E-state index in [4.69, 9.17) is 27.3 Å². The quantitative estimate of drug-likeness (QED) is 0.0546. The van der Waals surface area contributed by atoms with Crippen LogP contribution in [0.2, 0.25) is 0 Å². The number of carbonyl (C=O) groups excluding carboxylic acids is 1.